The molecule has 1 saturated carbocycles. The Balaban J connectivity index is 1.84. The number of hydrogen-bond acceptors (Lipinski definition) is 6. The number of pyridine rings is 1. The van der Waals surface area contributed by atoms with Gasteiger partial charge in [-0.1, -0.05) is 20.8 Å². The lowest BCUT2D eigenvalue weighted by Crippen LogP contribution is -2.42. The molecule has 174 valence electrons. The molecule has 32 heavy (non-hydrogen) atoms. The van der Waals surface area contributed by atoms with Gasteiger partial charge in [-0.05, 0) is 90.8 Å². The van der Waals surface area contributed by atoms with Crippen LogP contribution >= 0.6 is 22.6 Å². The van der Waals surface area contributed by atoms with Gasteiger partial charge in [0.15, 0.2) is 0 Å². The zero-order valence-electron chi connectivity index (χ0n) is 19.3. The maximum absolute atomic E-state index is 12.3. The van der Waals surface area contributed by atoms with E-state index in [0.29, 0.717) is 10.9 Å². The molecule has 3 rings (SSSR count). The number of nitrogens with zero attached hydrogens (tertiary/aromatic N) is 2. The van der Waals surface area contributed by atoms with Crippen LogP contribution in [-0.4, -0.2) is 28.6 Å². The number of fused-ring (bicyclic) bond motifs is 1. The van der Waals surface area contributed by atoms with Crippen molar-refractivity contribution in [1.29, 1.82) is 0 Å². The summed E-state index contributed by atoms with van der Waals surface area (Å²) in [5, 5.41) is 12.6. The molecule has 1 atom stereocenters. The first-order valence-electron chi connectivity index (χ1n) is 11.1. The van der Waals surface area contributed by atoms with Crippen molar-refractivity contribution in [3.05, 3.63) is 43.6 Å². The van der Waals surface area contributed by atoms with Gasteiger partial charge < -0.3 is 9.47 Å². The molecule has 0 aliphatic heterocycles. The fourth-order valence-corrected chi connectivity index (χ4v) is 5.04. The molecular weight excluding hydrogens is 523 g/mol. The number of carbonyl (C=O) groups is 1. The third-order valence-electron chi connectivity index (χ3n) is 6.50. The van der Waals surface area contributed by atoms with E-state index in [0.717, 1.165) is 46.3 Å². The van der Waals surface area contributed by atoms with E-state index in [1.807, 2.05) is 6.07 Å². The molecule has 1 heterocycles. The van der Waals surface area contributed by atoms with Crippen molar-refractivity contribution >= 4 is 39.5 Å². The Bertz CT molecular complexity index is 1010. The Kier molecular flexibility index (Phi) is 7.31. The normalized spacial score (nSPS) is 21.1. The van der Waals surface area contributed by atoms with Crippen molar-refractivity contribution in [2.45, 2.75) is 71.9 Å². The summed E-state index contributed by atoms with van der Waals surface area (Å²) in [5.41, 5.74) is -1.10. The van der Waals surface area contributed by atoms with Crippen LogP contribution in [0.4, 0.5) is 0 Å². The average molecular weight is 554 g/mol. The topological polar surface area (TPSA) is 91.6 Å². The monoisotopic (exact) mass is 554 g/mol. The highest BCUT2D eigenvalue weighted by Gasteiger charge is 2.51. The molecule has 1 aliphatic carbocycles. The molecule has 0 radical (unpaired) electrons. The minimum atomic E-state index is -2.06. The fourth-order valence-electron chi connectivity index (χ4n) is 4.28. The summed E-state index contributed by atoms with van der Waals surface area (Å²) in [6.07, 6.45) is 4.59. The lowest BCUT2D eigenvalue weighted by atomic mass is 9.72. The van der Waals surface area contributed by atoms with Gasteiger partial charge in [0.25, 0.3) is 0 Å². The summed E-state index contributed by atoms with van der Waals surface area (Å²) in [7, 11) is 0. The maximum Gasteiger partial charge on any atom is 0.391 e. The first-order chi connectivity index (χ1) is 15.0. The molecule has 0 amide bonds. The highest BCUT2D eigenvalue weighted by atomic mass is 127. The lowest BCUT2D eigenvalue weighted by Gasteiger charge is -2.37. The number of hydrogen-bond donors (Lipinski definition) is 0. The number of ether oxygens (including phenoxy) is 2. The molecule has 1 aromatic heterocycles. The standard InChI is InChI=1S/C24H31IN2O5/c1-6-31-22(28)24(5,27(29)30)20-14-11-17-18(26-20)12-13-19(21(17)25)32-16-9-7-15(8-10-16)23(2,3)4/h11-16H,6-10H2,1-5H3/t15-,16-,24?. The summed E-state index contributed by atoms with van der Waals surface area (Å²) in [5.74, 6) is 0.600. The number of carbonyl (C=O) groups excluding carboxylic acids is 1. The Morgan fingerprint density at radius 1 is 1.16 bits per heavy atom. The highest BCUT2D eigenvalue weighted by Crippen LogP contribution is 2.40. The predicted octanol–water partition coefficient (Wildman–Crippen LogP) is 5.88. The van der Waals surface area contributed by atoms with Crippen LogP contribution < -0.4 is 4.74 Å². The van der Waals surface area contributed by atoms with Gasteiger partial charge >= 0.3 is 11.5 Å². The highest BCUT2D eigenvalue weighted by molar-refractivity contribution is 14.1. The van der Waals surface area contributed by atoms with E-state index in [9.17, 15) is 14.9 Å². The van der Waals surface area contributed by atoms with Gasteiger partial charge in [-0.25, -0.2) is 9.78 Å². The van der Waals surface area contributed by atoms with Crippen molar-refractivity contribution in [2.75, 3.05) is 6.61 Å². The molecular formula is C24H31IN2O5. The first kappa shape index (κ1) is 24.7. The van der Waals surface area contributed by atoms with Crippen LogP contribution in [-0.2, 0) is 15.1 Å². The van der Waals surface area contributed by atoms with Gasteiger partial charge in [0.1, 0.15) is 11.4 Å². The van der Waals surface area contributed by atoms with Crippen molar-refractivity contribution in [1.82, 2.24) is 4.98 Å². The molecule has 2 aromatic rings. The van der Waals surface area contributed by atoms with Gasteiger partial charge in [-0.3, -0.25) is 10.1 Å². The van der Waals surface area contributed by atoms with E-state index < -0.39 is 16.4 Å². The zero-order chi connectivity index (χ0) is 23.7. The van der Waals surface area contributed by atoms with Gasteiger partial charge in [-0.15, -0.1) is 0 Å². The van der Waals surface area contributed by atoms with E-state index in [2.05, 4.69) is 48.3 Å². The molecule has 1 unspecified atom stereocenters. The van der Waals surface area contributed by atoms with Crippen LogP contribution in [0.1, 0.15) is 66.0 Å². The van der Waals surface area contributed by atoms with Gasteiger partial charge in [0.05, 0.1) is 21.8 Å². The van der Waals surface area contributed by atoms with Crippen LogP contribution in [0.5, 0.6) is 5.75 Å². The second-order valence-corrected chi connectivity index (χ2v) is 10.7. The largest absolute Gasteiger partial charge is 0.489 e. The van der Waals surface area contributed by atoms with E-state index in [4.69, 9.17) is 9.47 Å². The van der Waals surface area contributed by atoms with Gasteiger partial charge in [-0.2, -0.15) is 0 Å². The third-order valence-corrected chi connectivity index (χ3v) is 7.61. The molecule has 7 nitrogen and oxygen atoms in total. The van der Waals surface area contributed by atoms with E-state index in [1.54, 1.807) is 19.1 Å². The van der Waals surface area contributed by atoms with Crippen LogP contribution in [0.2, 0.25) is 0 Å². The van der Waals surface area contributed by atoms with E-state index in [1.165, 1.54) is 13.0 Å². The van der Waals surface area contributed by atoms with Crippen molar-refractivity contribution in [3.8, 4) is 5.75 Å². The molecule has 0 spiro atoms. The smallest absolute Gasteiger partial charge is 0.391 e. The Morgan fingerprint density at radius 2 is 1.81 bits per heavy atom. The molecule has 8 heteroatoms. The number of benzene rings is 1. The molecule has 1 aliphatic rings. The van der Waals surface area contributed by atoms with Crippen molar-refractivity contribution in [3.63, 3.8) is 0 Å². The number of aromatic nitrogens is 1. The summed E-state index contributed by atoms with van der Waals surface area (Å²) in [6, 6.07) is 6.96. The second kappa shape index (κ2) is 9.49. The Morgan fingerprint density at radius 3 is 2.38 bits per heavy atom. The van der Waals surface area contributed by atoms with Crippen LogP contribution in [0.3, 0.4) is 0 Å². The lowest BCUT2D eigenvalue weighted by molar-refractivity contribution is -0.560. The van der Waals surface area contributed by atoms with Crippen LogP contribution in [0, 0.1) is 25.0 Å². The van der Waals surface area contributed by atoms with Gasteiger partial charge in [0, 0.05) is 17.2 Å². The SMILES string of the molecule is CCOC(=O)C(C)(c1ccc2c(I)c(O[C@H]3CC[C@H](C(C)(C)C)CC3)ccc2n1)[N+](=O)[O-]. The van der Waals surface area contributed by atoms with Crippen molar-refractivity contribution in [2.24, 2.45) is 11.3 Å². The quantitative estimate of drug-likeness (QED) is 0.192. The van der Waals surface area contributed by atoms with Crippen molar-refractivity contribution < 1.29 is 19.2 Å². The summed E-state index contributed by atoms with van der Waals surface area (Å²) < 4.78 is 12.2. The average Bonchev–Trinajstić information content (AvgIpc) is 2.74. The number of halogens is 1. The molecule has 0 bridgehead atoms. The third kappa shape index (κ3) is 4.84. The van der Waals surface area contributed by atoms with Crippen LogP contribution in [0.25, 0.3) is 10.9 Å². The second-order valence-electron chi connectivity index (χ2n) is 9.65. The maximum atomic E-state index is 12.3. The Labute approximate surface area is 202 Å². The summed E-state index contributed by atoms with van der Waals surface area (Å²) >= 11 is 2.23. The number of rotatable bonds is 6. The summed E-state index contributed by atoms with van der Waals surface area (Å²) in [4.78, 5) is 27.9. The molecule has 0 N–H and O–H groups in total. The molecule has 1 aromatic carbocycles. The van der Waals surface area contributed by atoms with E-state index in [-0.39, 0.29) is 18.4 Å². The minimum Gasteiger partial charge on any atom is -0.489 e. The fraction of sp³-hybridized carbons (Fsp3) is 0.583. The summed E-state index contributed by atoms with van der Waals surface area (Å²) in [6.45, 7) is 9.82. The zero-order valence-corrected chi connectivity index (χ0v) is 21.5. The van der Waals surface area contributed by atoms with Gasteiger partial charge in [0.2, 0.25) is 0 Å². The Hall–Kier alpha value is -1.97. The number of nitro groups is 1. The minimum absolute atomic E-state index is 0.0541. The number of esters is 1. The predicted molar refractivity (Wildman–Crippen MR) is 131 cm³/mol. The molecule has 0 saturated heterocycles. The molecule has 1 fully saturated rings. The first-order valence-corrected chi connectivity index (χ1v) is 12.1. The van der Waals surface area contributed by atoms with E-state index >= 15 is 0 Å². The van der Waals surface area contributed by atoms with Crippen LogP contribution in [0.15, 0.2) is 24.3 Å².